The highest BCUT2D eigenvalue weighted by molar-refractivity contribution is 6.06. The van der Waals surface area contributed by atoms with E-state index in [4.69, 9.17) is 4.74 Å². The number of hydrogen-bond acceptors (Lipinski definition) is 3. The molecule has 1 N–H and O–H groups in total. The monoisotopic (exact) mass is 311 g/mol. The molecule has 0 saturated carbocycles. The molecule has 1 amide bonds. The van der Waals surface area contributed by atoms with Gasteiger partial charge in [0.1, 0.15) is 5.75 Å². The predicted molar refractivity (Wildman–Crippen MR) is 90.8 cm³/mol. The molecule has 2 aromatic rings. The number of anilines is 1. The lowest BCUT2D eigenvalue weighted by molar-refractivity contribution is -0.131. The van der Waals surface area contributed by atoms with Gasteiger partial charge in [-0.2, -0.15) is 0 Å². The van der Waals surface area contributed by atoms with Crippen LogP contribution in [0, 0.1) is 0 Å². The van der Waals surface area contributed by atoms with E-state index >= 15 is 0 Å². The van der Waals surface area contributed by atoms with Crippen LogP contribution < -0.4 is 10.1 Å². The zero-order valence-electron chi connectivity index (χ0n) is 13.5. The largest absolute Gasteiger partial charge is 0.426 e. The quantitative estimate of drug-likeness (QED) is 0.642. The van der Waals surface area contributed by atoms with Gasteiger partial charge in [-0.25, -0.2) is 0 Å². The van der Waals surface area contributed by atoms with Crippen LogP contribution in [0.4, 0.5) is 5.69 Å². The van der Waals surface area contributed by atoms with Crippen molar-refractivity contribution in [3.63, 3.8) is 0 Å². The number of esters is 1. The normalized spacial score (nSPS) is 10.2. The Balaban J connectivity index is 2.08. The molecule has 0 spiro atoms. The van der Waals surface area contributed by atoms with E-state index in [9.17, 15) is 9.59 Å². The number of aryl methyl sites for hydroxylation is 1. The van der Waals surface area contributed by atoms with Crippen LogP contribution in [-0.4, -0.2) is 11.9 Å². The average molecular weight is 311 g/mol. The van der Waals surface area contributed by atoms with Crippen LogP contribution in [-0.2, 0) is 11.2 Å². The molecule has 0 atom stereocenters. The fraction of sp³-hybridized carbons (Fsp3) is 0.263. The van der Waals surface area contributed by atoms with Crippen molar-refractivity contribution in [3.05, 3.63) is 59.7 Å². The molecule has 0 saturated heterocycles. The second-order valence-corrected chi connectivity index (χ2v) is 5.34. The maximum Gasteiger partial charge on any atom is 0.308 e. The molecule has 0 radical (unpaired) electrons. The van der Waals surface area contributed by atoms with Gasteiger partial charge in [0.05, 0.1) is 5.56 Å². The van der Waals surface area contributed by atoms with Crippen LogP contribution in [0.25, 0.3) is 0 Å². The van der Waals surface area contributed by atoms with Gasteiger partial charge in [-0.05, 0) is 42.7 Å². The van der Waals surface area contributed by atoms with Gasteiger partial charge in [-0.3, -0.25) is 9.59 Å². The number of carbonyl (C=O) groups is 2. The summed E-state index contributed by atoms with van der Waals surface area (Å²) in [6.45, 7) is 3.47. The van der Waals surface area contributed by atoms with E-state index in [1.807, 2.05) is 24.3 Å². The Kier molecular flexibility index (Phi) is 5.92. The van der Waals surface area contributed by atoms with Crippen molar-refractivity contribution < 1.29 is 14.3 Å². The first kappa shape index (κ1) is 16.7. The Labute approximate surface area is 136 Å². The van der Waals surface area contributed by atoms with Crippen LogP contribution in [0.2, 0.25) is 0 Å². The molecule has 0 fully saturated rings. The molecule has 0 aliphatic heterocycles. The number of nitrogens with one attached hydrogen (secondary N) is 1. The van der Waals surface area contributed by atoms with Crippen LogP contribution >= 0.6 is 0 Å². The summed E-state index contributed by atoms with van der Waals surface area (Å²) in [6, 6.07) is 14.5. The number of rotatable bonds is 6. The lowest BCUT2D eigenvalue weighted by Crippen LogP contribution is -2.14. The highest BCUT2D eigenvalue weighted by Gasteiger charge is 2.13. The lowest BCUT2D eigenvalue weighted by atomic mass is 10.1. The molecule has 2 rings (SSSR count). The van der Waals surface area contributed by atoms with E-state index in [1.165, 1.54) is 12.5 Å². The molecule has 23 heavy (non-hydrogen) atoms. The first-order chi connectivity index (χ1) is 11.1. The highest BCUT2D eigenvalue weighted by Crippen LogP contribution is 2.20. The summed E-state index contributed by atoms with van der Waals surface area (Å²) < 4.78 is 5.07. The van der Waals surface area contributed by atoms with Crippen molar-refractivity contribution in [2.24, 2.45) is 0 Å². The summed E-state index contributed by atoms with van der Waals surface area (Å²) in [4.78, 5) is 23.5. The Morgan fingerprint density at radius 3 is 2.39 bits per heavy atom. The number of ether oxygens (including phenoxy) is 1. The number of amides is 1. The van der Waals surface area contributed by atoms with Crippen LogP contribution in [0.5, 0.6) is 5.75 Å². The van der Waals surface area contributed by atoms with E-state index in [0.717, 1.165) is 19.3 Å². The van der Waals surface area contributed by atoms with E-state index in [1.54, 1.807) is 24.3 Å². The number of benzene rings is 2. The highest BCUT2D eigenvalue weighted by atomic mass is 16.5. The maximum atomic E-state index is 12.4. The number of para-hydroxylation sites is 1. The summed E-state index contributed by atoms with van der Waals surface area (Å²) in [5, 5.41) is 2.82. The summed E-state index contributed by atoms with van der Waals surface area (Å²) >= 11 is 0. The first-order valence-corrected chi connectivity index (χ1v) is 7.78. The number of hydrogen-bond donors (Lipinski definition) is 1. The second-order valence-electron chi connectivity index (χ2n) is 5.34. The topological polar surface area (TPSA) is 55.4 Å². The fourth-order valence-corrected chi connectivity index (χ4v) is 2.23. The standard InChI is InChI=1S/C19H21NO3/c1-3-4-7-15-10-12-16(13-11-15)20-19(22)17-8-5-6-9-18(17)23-14(2)21/h5-6,8-13H,3-4,7H2,1-2H3,(H,20,22). The Morgan fingerprint density at radius 2 is 1.74 bits per heavy atom. The third-order valence-electron chi connectivity index (χ3n) is 3.42. The minimum atomic E-state index is -0.453. The molecule has 0 aliphatic carbocycles. The van der Waals surface area contributed by atoms with Crippen molar-refractivity contribution in [1.82, 2.24) is 0 Å². The van der Waals surface area contributed by atoms with Crippen LogP contribution in [0.1, 0.15) is 42.6 Å². The molecular formula is C19H21NO3. The van der Waals surface area contributed by atoms with Crippen LogP contribution in [0.3, 0.4) is 0 Å². The van der Waals surface area contributed by atoms with E-state index < -0.39 is 5.97 Å². The van der Waals surface area contributed by atoms with Gasteiger partial charge in [0, 0.05) is 12.6 Å². The van der Waals surface area contributed by atoms with Gasteiger partial charge in [0.25, 0.3) is 5.91 Å². The van der Waals surface area contributed by atoms with Gasteiger partial charge >= 0.3 is 5.97 Å². The van der Waals surface area contributed by atoms with Gasteiger partial charge in [-0.1, -0.05) is 37.6 Å². The van der Waals surface area contributed by atoms with E-state index in [2.05, 4.69) is 12.2 Å². The average Bonchev–Trinajstić information content (AvgIpc) is 2.54. The Bertz CT molecular complexity index is 677. The molecule has 0 aliphatic rings. The van der Waals surface area contributed by atoms with Gasteiger partial charge in [0.15, 0.2) is 0 Å². The molecule has 2 aromatic carbocycles. The zero-order chi connectivity index (χ0) is 16.7. The Morgan fingerprint density at radius 1 is 1.04 bits per heavy atom. The lowest BCUT2D eigenvalue weighted by Gasteiger charge is -2.10. The van der Waals surface area contributed by atoms with Gasteiger partial charge < -0.3 is 10.1 Å². The number of unbranched alkanes of at least 4 members (excludes halogenated alkanes) is 1. The zero-order valence-corrected chi connectivity index (χ0v) is 13.5. The summed E-state index contributed by atoms with van der Waals surface area (Å²) in [5.74, 6) is -0.495. The molecule has 0 unspecified atom stereocenters. The molecule has 0 heterocycles. The smallest absolute Gasteiger partial charge is 0.308 e. The van der Waals surface area contributed by atoms with Crippen molar-refractivity contribution in [1.29, 1.82) is 0 Å². The molecule has 4 heteroatoms. The Hall–Kier alpha value is -2.62. The molecule has 120 valence electrons. The third-order valence-corrected chi connectivity index (χ3v) is 3.42. The molecule has 0 aromatic heterocycles. The van der Waals surface area contributed by atoms with Crippen molar-refractivity contribution in [3.8, 4) is 5.75 Å². The second kappa shape index (κ2) is 8.13. The van der Waals surface area contributed by atoms with Gasteiger partial charge in [0.2, 0.25) is 0 Å². The van der Waals surface area contributed by atoms with Crippen molar-refractivity contribution >= 4 is 17.6 Å². The molecule has 4 nitrogen and oxygen atoms in total. The first-order valence-electron chi connectivity index (χ1n) is 7.78. The van der Waals surface area contributed by atoms with Crippen molar-refractivity contribution in [2.45, 2.75) is 33.1 Å². The molecular weight excluding hydrogens is 290 g/mol. The summed E-state index contributed by atoms with van der Waals surface area (Å²) in [6.07, 6.45) is 3.35. The fourth-order valence-electron chi connectivity index (χ4n) is 2.23. The third kappa shape index (κ3) is 4.95. The maximum absolute atomic E-state index is 12.4. The molecule has 0 bridgehead atoms. The van der Waals surface area contributed by atoms with Crippen molar-refractivity contribution in [2.75, 3.05) is 5.32 Å². The summed E-state index contributed by atoms with van der Waals surface area (Å²) in [5.41, 5.74) is 2.30. The van der Waals surface area contributed by atoms with E-state index in [0.29, 0.717) is 11.3 Å². The van der Waals surface area contributed by atoms with Crippen LogP contribution in [0.15, 0.2) is 48.5 Å². The minimum Gasteiger partial charge on any atom is -0.426 e. The van der Waals surface area contributed by atoms with Gasteiger partial charge in [-0.15, -0.1) is 0 Å². The minimum absolute atomic E-state index is 0.261. The van der Waals surface area contributed by atoms with E-state index in [-0.39, 0.29) is 11.7 Å². The summed E-state index contributed by atoms with van der Waals surface area (Å²) in [7, 11) is 0. The SMILES string of the molecule is CCCCc1ccc(NC(=O)c2ccccc2OC(C)=O)cc1. The predicted octanol–water partition coefficient (Wildman–Crippen LogP) is 4.21. The number of carbonyl (C=O) groups excluding carboxylic acids is 2.